The lowest BCUT2D eigenvalue weighted by atomic mass is 9.53. The van der Waals surface area contributed by atoms with Crippen LogP contribution in [-0.4, -0.2) is 5.54 Å². The van der Waals surface area contributed by atoms with Crippen molar-refractivity contribution >= 4 is 0 Å². The molecule has 2 aromatic rings. The summed E-state index contributed by atoms with van der Waals surface area (Å²) in [7, 11) is 0. The molecule has 0 spiro atoms. The molecule has 0 aromatic heterocycles. The SMILES string of the molecule is c1ccc(COc2ccc(CNC34CC5CC(CC(C5)C3)C4)cc2)cc1. The maximum Gasteiger partial charge on any atom is 0.119 e. The van der Waals surface area contributed by atoms with E-state index in [-0.39, 0.29) is 0 Å². The van der Waals surface area contributed by atoms with Crippen LogP contribution in [0.4, 0.5) is 0 Å². The molecule has 4 aliphatic rings. The molecule has 0 atom stereocenters. The fraction of sp³-hybridized carbons (Fsp3) is 0.500. The van der Waals surface area contributed by atoms with Gasteiger partial charge in [-0.15, -0.1) is 0 Å². The van der Waals surface area contributed by atoms with Crippen molar-refractivity contribution in [2.45, 2.75) is 57.2 Å². The van der Waals surface area contributed by atoms with Crippen LogP contribution in [0.5, 0.6) is 5.75 Å². The van der Waals surface area contributed by atoms with Gasteiger partial charge in [-0.1, -0.05) is 42.5 Å². The van der Waals surface area contributed by atoms with Crippen molar-refractivity contribution in [3.05, 3.63) is 65.7 Å². The number of rotatable bonds is 6. The summed E-state index contributed by atoms with van der Waals surface area (Å²) in [5, 5.41) is 3.98. The molecule has 136 valence electrons. The summed E-state index contributed by atoms with van der Waals surface area (Å²) in [6.45, 7) is 1.62. The molecule has 4 saturated carbocycles. The number of hydrogen-bond acceptors (Lipinski definition) is 2. The zero-order valence-electron chi connectivity index (χ0n) is 15.5. The van der Waals surface area contributed by atoms with Crippen LogP contribution in [-0.2, 0) is 13.2 Å². The lowest BCUT2D eigenvalue weighted by molar-refractivity contribution is -0.0206. The van der Waals surface area contributed by atoms with Crippen LogP contribution in [0.15, 0.2) is 54.6 Å². The Morgan fingerprint density at radius 2 is 1.38 bits per heavy atom. The highest BCUT2D eigenvalue weighted by atomic mass is 16.5. The molecule has 2 aromatic carbocycles. The number of hydrogen-bond donors (Lipinski definition) is 1. The molecule has 0 aliphatic heterocycles. The minimum atomic E-state index is 0.442. The minimum Gasteiger partial charge on any atom is -0.489 e. The molecule has 0 radical (unpaired) electrons. The van der Waals surface area contributed by atoms with Crippen molar-refractivity contribution < 1.29 is 4.74 Å². The average molecular weight is 348 g/mol. The van der Waals surface area contributed by atoms with Crippen molar-refractivity contribution in [3.63, 3.8) is 0 Å². The normalized spacial score (nSPS) is 31.9. The Hall–Kier alpha value is -1.80. The third-order valence-corrected chi connectivity index (χ3v) is 6.88. The maximum absolute atomic E-state index is 5.91. The average Bonchev–Trinajstić information content (AvgIpc) is 2.65. The Kier molecular flexibility index (Phi) is 4.24. The van der Waals surface area contributed by atoms with E-state index >= 15 is 0 Å². The van der Waals surface area contributed by atoms with E-state index in [4.69, 9.17) is 4.74 Å². The monoisotopic (exact) mass is 347 g/mol. The molecule has 2 nitrogen and oxygen atoms in total. The van der Waals surface area contributed by atoms with E-state index in [2.05, 4.69) is 53.8 Å². The smallest absolute Gasteiger partial charge is 0.119 e. The predicted molar refractivity (Wildman–Crippen MR) is 105 cm³/mol. The first-order chi connectivity index (χ1) is 12.8. The van der Waals surface area contributed by atoms with E-state index in [0.717, 1.165) is 30.0 Å². The Labute approximate surface area is 157 Å². The summed E-state index contributed by atoms with van der Waals surface area (Å²) >= 11 is 0. The van der Waals surface area contributed by atoms with E-state index in [1.54, 1.807) is 0 Å². The van der Waals surface area contributed by atoms with Gasteiger partial charge in [0.1, 0.15) is 12.4 Å². The van der Waals surface area contributed by atoms with Gasteiger partial charge in [0.2, 0.25) is 0 Å². The van der Waals surface area contributed by atoms with Crippen LogP contribution in [0.1, 0.15) is 49.7 Å². The Morgan fingerprint density at radius 1 is 0.769 bits per heavy atom. The maximum atomic E-state index is 5.91. The Balaban J connectivity index is 1.17. The molecular weight excluding hydrogens is 318 g/mol. The van der Waals surface area contributed by atoms with Gasteiger partial charge in [0.05, 0.1) is 0 Å². The summed E-state index contributed by atoms with van der Waals surface area (Å²) in [5.41, 5.74) is 3.02. The predicted octanol–water partition coefficient (Wildman–Crippen LogP) is 5.32. The molecule has 4 fully saturated rings. The van der Waals surface area contributed by atoms with Crippen molar-refractivity contribution in [3.8, 4) is 5.75 Å². The zero-order valence-corrected chi connectivity index (χ0v) is 15.5. The first-order valence-electron chi connectivity index (χ1n) is 10.3. The Bertz CT molecular complexity index is 701. The van der Waals surface area contributed by atoms with Crippen LogP contribution < -0.4 is 10.1 Å². The molecule has 0 heterocycles. The number of ether oxygens (including phenoxy) is 1. The molecule has 4 aliphatic carbocycles. The van der Waals surface area contributed by atoms with Gasteiger partial charge in [0, 0.05) is 12.1 Å². The summed E-state index contributed by atoms with van der Waals surface area (Å²) in [6, 6.07) is 19.0. The van der Waals surface area contributed by atoms with Crippen LogP contribution in [0, 0.1) is 17.8 Å². The molecule has 0 unspecified atom stereocenters. The van der Waals surface area contributed by atoms with Gasteiger partial charge in [-0.2, -0.15) is 0 Å². The minimum absolute atomic E-state index is 0.442. The van der Waals surface area contributed by atoms with Gasteiger partial charge in [0.25, 0.3) is 0 Å². The topological polar surface area (TPSA) is 21.3 Å². The van der Waals surface area contributed by atoms with Gasteiger partial charge in [-0.3, -0.25) is 0 Å². The molecule has 26 heavy (non-hydrogen) atoms. The molecular formula is C24H29NO. The van der Waals surface area contributed by atoms with Crippen LogP contribution in [0.3, 0.4) is 0 Å². The van der Waals surface area contributed by atoms with E-state index in [9.17, 15) is 0 Å². The van der Waals surface area contributed by atoms with Crippen LogP contribution >= 0.6 is 0 Å². The molecule has 2 heteroatoms. The lowest BCUT2D eigenvalue weighted by Crippen LogP contribution is -2.58. The second-order valence-corrected chi connectivity index (χ2v) is 8.97. The molecule has 1 N–H and O–H groups in total. The fourth-order valence-corrected chi connectivity index (χ4v) is 6.06. The zero-order chi connectivity index (χ0) is 17.4. The lowest BCUT2D eigenvalue weighted by Gasteiger charge is -2.57. The van der Waals surface area contributed by atoms with Gasteiger partial charge in [-0.25, -0.2) is 0 Å². The summed E-state index contributed by atoms with van der Waals surface area (Å²) in [4.78, 5) is 0. The van der Waals surface area contributed by atoms with Crippen molar-refractivity contribution in [2.75, 3.05) is 0 Å². The third kappa shape index (κ3) is 3.40. The molecule has 0 amide bonds. The quantitative estimate of drug-likeness (QED) is 0.763. The largest absolute Gasteiger partial charge is 0.489 e. The van der Waals surface area contributed by atoms with Crippen LogP contribution in [0.2, 0.25) is 0 Å². The number of nitrogens with one attached hydrogen (secondary N) is 1. The standard InChI is InChI=1S/C24H29NO/c1-2-4-19(5-3-1)17-26-23-8-6-18(7-9-23)16-25-24-13-20-10-21(14-24)12-22(11-20)15-24/h1-9,20-22,25H,10-17H2. The van der Waals surface area contributed by atoms with Crippen molar-refractivity contribution in [2.24, 2.45) is 17.8 Å². The van der Waals surface area contributed by atoms with E-state index in [1.165, 1.54) is 49.7 Å². The Morgan fingerprint density at radius 3 is 2.00 bits per heavy atom. The first kappa shape index (κ1) is 16.4. The highest BCUT2D eigenvalue weighted by Gasteiger charge is 2.50. The highest BCUT2D eigenvalue weighted by Crippen LogP contribution is 2.55. The van der Waals surface area contributed by atoms with E-state index in [1.807, 2.05) is 6.07 Å². The summed E-state index contributed by atoms with van der Waals surface area (Å²) < 4.78 is 5.91. The summed E-state index contributed by atoms with van der Waals surface area (Å²) in [6.07, 6.45) is 8.77. The van der Waals surface area contributed by atoms with Crippen molar-refractivity contribution in [1.29, 1.82) is 0 Å². The van der Waals surface area contributed by atoms with Gasteiger partial charge < -0.3 is 10.1 Å². The van der Waals surface area contributed by atoms with Gasteiger partial charge >= 0.3 is 0 Å². The molecule has 6 rings (SSSR count). The van der Waals surface area contributed by atoms with Gasteiger partial charge in [-0.05, 0) is 79.5 Å². The summed E-state index contributed by atoms with van der Waals surface area (Å²) in [5.74, 6) is 3.96. The highest BCUT2D eigenvalue weighted by molar-refractivity contribution is 5.28. The van der Waals surface area contributed by atoms with Gasteiger partial charge in [0.15, 0.2) is 0 Å². The first-order valence-corrected chi connectivity index (χ1v) is 10.3. The van der Waals surface area contributed by atoms with Crippen LogP contribution in [0.25, 0.3) is 0 Å². The van der Waals surface area contributed by atoms with E-state index < -0.39 is 0 Å². The second-order valence-electron chi connectivity index (χ2n) is 8.97. The molecule has 0 saturated heterocycles. The number of benzene rings is 2. The third-order valence-electron chi connectivity index (χ3n) is 6.88. The molecule has 4 bridgehead atoms. The van der Waals surface area contributed by atoms with E-state index in [0.29, 0.717) is 12.1 Å². The van der Waals surface area contributed by atoms with Crippen molar-refractivity contribution in [1.82, 2.24) is 5.32 Å². The second kappa shape index (κ2) is 6.74. The fourth-order valence-electron chi connectivity index (χ4n) is 6.06.